The lowest BCUT2D eigenvalue weighted by Crippen LogP contribution is -1.95. The van der Waals surface area contributed by atoms with Gasteiger partial charge in [-0.3, -0.25) is 4.79 Å². The highest BCUT2D eigenvalue weighted by Gasteiger charge is 1.95. The zero-order valence-corrected chi connectivity index (χ0v) is 8.77. The maximum absolute atomic E-state index is 9.82. The van der Waals surface area contributed by atoms with Gasteiger partial charge >= 0.3 is 5.97 Å². The lowest BCUT2D eigenvalue weighted by atomic mass is 10.0. The fourth-order valence-corrected chi connectivity index (χ4v) is 1.26. The van der Waals surface area contributed by atoms with Crippen LogP contribution in [0.5, 0.6) is 0 Å². The van der Waals surface area contributed by atoms with Gasteiger partial charge in [0.1, 0.15) is 0 Å². The molecule has 3 heteroatoms. The number of hydrogen-bond acceptors (Lipinski definition) is 2. The fourth-order valence-electron chi connectivity index (χ4n) is 1.26. The van der Waals surface area contributed by atoms with Crippen molar-refractivity contribution in [3.8, 4) is 0 Å². The predicted molar refractivity (Wildman–Crippen MR) is 53.6 cm³/mol. The molecule has 1 fully saturated rings. The average molecular weight is 190 g/mol. The molecule has 0 radical (unpaired) electrons. The van der Waals surface area contributed by atoms with Gasteiger partial charge < -0.3 is 10.2 Å². The van der Waals surface area contributed by atoms with Crippen LogP contribution < -0.4 is 0 Å². The molecule has 2 N–H and O–H groups in total. The minimum absolute atomic E-state index is 0. The molecule has 0 amide bonds. The molecule has 1 rings (SSSR count). The molecule has 0 aromatic rings. The van der Waals surface area contributed by atoms with Gasteiger partial charge in [-0.2, -0.15) is 0 Å². The van der Waals surface area contributed by atoms with Gasteiger partial charge in [0.25, 0.3) is 0 Å². The van der Waals surface area contributed by atoms with Crippen molar-refractivity contribution in [3.05, 3.63) is 0 Å². The standard InChI is InChI=1S/C6H12.C4H8O2.H2O/c1-2-4-6-5-3-1;1-3-6-4(2)5;/h1-6H2;3H2,1-2H3;1H2. The van der Waals surface area contributed by atoms with Gasteiger partial charge in [0, 0.05) is 6.92 Å². The Morgan fingerprint density at radius 3 is 1.46 bits per heavy atom. The van der Waals surface area contributed by atoms with E-state index in [4.69, 9.17) is 0 Å². The fraction of sp³-hybridized carbons (Fsp3) is 0.900. The Morgan fingerprint density at radius 2 is 1.38 bits per heavy atom. The molecule has 0 unspecified atom stereocenters. The predicted octanol–water partition coefficient (Wildman–Crippen LogP) is 2.09. The number of rotatable bonds is 1. The molecule has 0 aromatic carbocycles. The molecule has 0 aromatic heterocycles. The first-order valence-electron chi connectivity index (χ1n) is 4.90. The summed E-state index contributed by atoms with van der Waals surface area (Å²) < 4.78 is 4.40. The second-order valence-corrected chi connectivity index (χ2v) is 3.05. The summed E-state index contributed by atoms with van der Waals surface area (Å²) in [5.74, 6) is -0.211. The third-order valence-corrected chi connectivity index (χ3v) is 1.85. The summed E-state index contributed by atoms with van der Waals surface area (Å²) in [7, 11) is 0. The van der Waals surface area contributed by atoms with Crippen molar-refractivity contribution in [2.24, 2.45) is 0 Å². The van der Waals surface area contributed by atoms with Crippen molar-refractivity contribution in [3.63, 3.8) is 0 Å². The lowest BCUT2D eigenvalue weighted by molar-refractivity contribution is -0.140. The summed E-state index contributed by atoms with van der Waals surface area (Å²) in [6.07, 6.45) is 9.00. The Kier molecular flexibility index (Phi) is 13.1. The molecule has 1 saturated carbocycles. The average Bonchev–Trinajstić information content (AvgIpc) is 2.08. The van der Waals surface area contributed by atoms with Gasteiger partial charge in [-0.05, 0) is 6.92 Å². The Hall–Kier alpha value is -0.570. The molecule has 1 aliphatic rings. The molecule has 0 bridgehead atoms. The van der Waals surface area contributed by atoms with E-state index in [0.717, 1.165) is 0 Å². The van der Waals surface area contributed by atoms with Crippen LogP contribution in [-0.4, -0.2) is 18.1 Å². The number of carbonyl (C=O) groups is 1. The van der Waals surface area contributed by atoms with Gasteiger partial charge in [-0.25, -0.2) is 0 Å². The summed E-state index contributed by atoms with van der Waals surface area (Å²) in [6, 6.07) is 0. The Labute approximate surface area is 80.8 Å². The Morgan fingerprint density at radius 1 is 1.08 bits per heavy atom. The van der Waals surface area contributed by atoms with Crippen molar-refractivity contribution >= 4 is 5.97 Å². The van der Waals surface area contributed by atoms with Gasteiger partial charge in [0.05, 0.1) is 6.61 Å². The van der Waals surface area contributed by atoms with E-state index in [1.807, 2.05) is 0 Å². The monoisotopic (exact) mass is 190 g/mol. The SMILES string of the molecule is C1CCCCC1.CCOC(C)=O.O. The van der Waals surface area contributed by atoms with E-state index in [1.54, 1.807) is 6.92 Å². The van der Waals surface area contributed by atoms with Crippen LogP contribution in [0.2, 0.25) is 0 Å². The minimum atomic E-state index is -0.211. The van der Waals surface area contributed by atoms with E-state index < -0.39 is 0 Å². The van der Waals surface area contributed by atoms with Crippen molar-refractivity contribution in [2.45, 2.75) is 52.4 Å². The molecule has 80 valence electrons. The van der Waals surface area contributed by atoms with Gasteiger partial charge in [0.15, 0.2) is 0 Å². The molecule has 0 aliphatic heterocycles. The summed E-state index contributed by atoms with van der Waals surface area (Å²) >= 11 is 0. The largest absolute Gasteiger partial charge is 0.466 e. The van der Waals surface area contributed by atoms with E-state index in [-0.39, 0.29) is 11.4 Å². The van der Waals surface area contributed by atoms with Crippen molar-refractivity contribution in [2.75, 3.05) is 6.61 Å². The highest BCUT2D eigenvalue weighted by molar-refractivity contribution is 5.65. The van der Waals surface area contributed by atoms with E-state index >= 15 is 0 Å². The minimum Gasteiger partial charge on any atom is -0.466 e. The molecule has 0 saturated heterocycles. The summed E-state index contributed by atoms with van der Waals surface area (Å²) in [4.78, 5) is 9.82. The molecule has 0 spiro atoms. The smallest absolute Gasteiger partial charge is 0.302 e. The first-order chi connectivity index (χ1) is 5.77. The molecular weight excluding hydrogens is 168 g/mol. The van der Waals surface area contributed by atoms with Crippen LogP contribution in [-0.2, 0) is 9.53 Å². The van der Waals surface area contributed by atoms with Crippen LogP contribution in [0.25, 0.3) is 0 Å². The van der Waals surface area contributed by atoms with Gasteiger partial charge in [0.2, 0.25) is 0 Å². The maximum atomic E-state index is 9.82. The van der Waals surface area contributed by atoms with Crippen LogP contribution in [0.3, 0.4) is 0 Å². The second kappa shape index (κ2) is 11.4. The quantitative estimate of drug-likeness (QED) is 0.594. The maximum Gasteiger partial charge on any atom is 0.302 e. The number of esters is 1. The van der Waals surface area contributed by atoms with E-state index in [0.29, 0.717) is 6.61 Å². The topological polar surface area (TPSA) is 57.8 Å². The molecular formula is C10H22O3. The second-order valence-electron chi connectivity index (χ2n) is 3.05. The number of hydrogen-bond donors (Lipinski definition) is 0. The van der Waals surface area contributed by atoms with E-state index in [2.05, 4.69) is 4.74 Å². The Balaban J connectivity index is 0. The third kappa shape index (κ3) is 14.3. The summed E-state index contributed by atoms with van der Waals surface area (Å²) in [5.41, 5.74) is 0. The molecule has 0 atom stereocenters. The zero-order valence-electron chi connectivity index (χ0n) is 8.77. The summed E-state index contributed by atoms with van der Waals surface area (Å²) in [6.45, 7) is 3.65. The van der Waals surface area contributed by atoms with Crippen molar-refractivity contribution in [1.82, 2.24) is 0 Å². The van der Waals surface area contributed by atoms with Crippen molar-refractivity contribution in [1.29, 1.82) is 0 Å². The molecule has 13 heavy (non-hydrogen) atoms. The van der Waals surface area contributed by atoms with Crippen LogP contribution in [0.1, 0.15) is 52.4 Å². The van der Waals surface area contributed by atoms with E-state index in [1.165, 1.54) is 45.4 Å². The highest BCUT2D eigenvalue weighted by Crippen LogP contribution is 2.15. The molecule has 3 nitrogen and oxygen atoms in total. The van der Waals surface area contributed by atoms with E-state index in [9.17, 15) is 4.79 Å². The highest BCUT2D eigenvalue weighted by atomic mass is 16.5. The summed E-state index contributed by atoms with van der Waals surface area (Å²) in [5, 5.41) is 0. The van der Waals surface area contributed by atoms with Gasteiger partial charge in [-0.1, -0.05) is 38.5 Å². The Bertz CT molecular complexity index is 97.2. The number of carbonyl (C=O) groups excluding carboxylic acids is 1. The zero-order chi connectivity index (χ0) is 9.23. The van der Waals surface area contributed by atoms with Crippen LogP contribution in [0.15, 0.2) is 0 Å². The third-order valence-electron chi connectivity index (χ3n) is 1.85. The molecule has 1 aliphatic carbocycles. The number of ether oxygens (including phenoxy) is 1. The molecule has 0 heterocycles. The first kappa shape index (κ1) is 14.9. The van der Waals surface area contributed by atoms with Crippen LogP contribution >= 0.6 is 0 Å². The van der Waals surface area contributed by atoms with Crippen LogP contribution in [0.4, 0.5) is 0 Å². The van der Waals surface area contributed by atoms with Crippen LogP contribution in [0, 0.1) is 0 Å². The van der Waals surface area contributed by atoms with Crippen molar-refractivity contribution < 1.29 is 15.0 Å². The van der Waals surface area contributed by atoms with Gasteiger partial charge in [-0.15, -0.1) is 0 Å². The normalized spacial score (nSPS) is 14.6. The lowest BCUT2D eigenvalue weighted by Gasteiger charge is -2.05. The first-order valence-corrected chi connectivity index (χ1v) is 4.90.